The Balaban J connectivity index is 0.000000279. The van der Waals surface area contributed by atoms with E-state index in [9.17, 15) is 13.2 Å². The lowest BCUT2D eigenvalue weighted by atomic mass is 9.89. The minimum atomic E-state index is -5.08. The van der Waals surface area contributed by atoms with Crippen molar-refractivity contribution >= 4 is 17.3 Å². The number of hydrogen-bond acceptors (Lipinski definition) is 7. The van der Waals surface area contributed by atoms with E-state index in [1.807, 2.05) is 6.92 Å². The quantitative estimate of drug-likeness (QED) is 0.817. The van der Waals surface area contributed by atoms with E-state index < -0.39 is 12.1 Å². The third kappa shape index (κ3) is 5.09. The summed E-state index contributed by atoms with van der Waals surface area (Å²) in [5, 5.41) is 15.4. The molecule has 2 aliphatic heterocycles. The van der Waals surface area contributed by atoms with Crippen molar-refractivity contribution in [3.63, 3.8) is 0 Å². The van der Waals surface area contributed by atoms with Crippen LogP contribution in [0, 0.1) is 6.92 Å². The minimum Gasteiger partial charge on any atom is -0.475 e. The zero-order valence-electron chi connectivity index (χ0n) is 15.1. The van der Waals surface area contributed by atoms with Gasteiger partial charge in [0.25, 0.3) is 0 Å². The Morgan fingerprint density at radius 3 is 2.79 bits per heavy atom. The second-order valence-electron chi connectivity index (χ2n) is 6.74. The van der Waals surface area contributed by atoms with Crippen molar-refractivity contribution in [3.8, 4) is 0 Å². The number of piperidine rings is 1. The zero-order chi connectivity index (χ0) is 20.3. The van der Waals surface area contributed by atoms with Crippen LogP contribution in [-0.2, 0) is 16.1 Å². The molecule has 7 nitrogen and oxygen atoms in total. The summed E-state index contributed by atoms with van der Waals surface area (Å²) in [6.07, 6.45) is -2.66. The van der Waals surface area contributed by atoms with Crippen molar-refractivity contribution in [2.24, 2.45) is 0 Å². The van der Waals surface area contributed by atoms with Crippen molar-refractivity contribution in [1.82, 2.24) is 15.0 Å². The summed E-state index contributed by atoms with van der Waals surface area (Å²) in [4.78, 5) is 15.9. The predicted molar refractivity (Wildman–Crippen MR) is 93.0 cm³/mol. The predicted octanol–water partition coefficient (Wildman–Crippen LogP) is 3.22. The van der Waals surface area contributed by atoms with E-state index >= 15 is 0 Å². The molecule has 0 aliphatic carbocycles. The second kappa shape index (κ2) is 8.58. The number of fused-ring (bicyclic) bond motifs is 1. The van der Waals surface area contributed by atoms with E-state index in [1.54, 1.807) is 11.3 Å². The number of rotatable bonds is 3. The van der Waals surface area contributed by atoms with Crippen LogP contribution < -0.4 is 0 Å². The third-order valence-corrected chi connectivity index (χ3v) is 5.45. The number of hydrogen-bond donors (Lipinski definition) is 1. The first-order valence-corrected chi connectivity index (χ1v) is 9.65. The molecule has 11 heteroatoms. The number of carboxylic acid groups (broad SMARTS) is 1. The molecule has 0 amide bonds. The lowest BCUT2D eigenvalue weighted by molar-refractivity contribution is -0.192. The van der Waals surface area contributed by atoms with Crippen molar-refractivity contribution in [1.29, 1.82) is 0 Å². The molecule has 28 heavy (non-hydrogen) atoms. The standard InChI is InChI=1S/C15H19N3O2S.C2HF3O2/c1-10-16-15(20-17-10)12-6-14-13(2-4-19-14)18(8-12)7-11-3-5-21-9-11;3-2(4,5)1(6)7/h3,5,9,12-14H,2,4,6-8H2,1H3;(H,6,7)/t12-,13-,14-;/m1./s1. The van der Waals surface area contributed by atoms with Gasteiger partial charge in [-0.15, -0.1) is 0 Å². The molecule has 0 saturated carbocycles. The average Bonchev–Trinajstić information content (AvgIpc) is 3.35. The Kier molecular flexibility index (Phi) is 6.36. The number of likely N-dealkylation sites (tertiary alicyclic amines) is 1. The Bertz CT molecular complexity index is 781. The molecular weight excluding hydrogens is 399 g/mol. The Morgan fingerprint density at radius 1 is 1.46 bits per heavy atom. The minimum absolute atomic E-state index is 0.282. The van der Waals surface area contributed by atoms with Crippen LogP contribution in [0.1, 0.15) is 36.0 Å². The highest BCUT2D eigenvalue weighted by Crippen LogP contribution is 2.36. The van der Waals surface area contributed by atoms with Gasteiger partial charge in [-0.2, -0.15) is 29.5 Å². The molecule has 3 atom stereocenters. The summed E-state index contributed by atoms with van der Waals surface area (Å²) >= 11 is 1.76. The first-order chi connectivity index (χ1) is 13.2. The number of carbonyl (C=O) groups is 1. The molecule has 2 saturated heterocycles. The van der Waals surface area contributed by atoms with Crippen LogP contribution in [0.15, 0.2) is 21.3 Å². The van der Waals surface area contributed by atoms with Crippen LogP contribution in [-0.4, -0.2) is 57.6 Å². The van der Waals surface area contributed by atoms with Crippen molar-refractivity contribution in [2.45, 2.75) is 50.6 Å². The van der Waals surface area contributed by atoms with Crippen molar-refractivity contribution < 1.29 is 32.3 Å². The molecule has 2 aromatic heterocycles. The summed E-state index contributed by atoms with van der Waals surface area (Å²) < 4.78 is 43.1. The fourth-order valence-electron chi connectivity index (χ4n) is 3.51. The third-order valence-electron chi connectivity index (χ3n) is 4.72. The molecule has 2 fully saturated rings. The van der Waals surface area contributed by atoms with E-state index in [1.165, 1.54) is 5.56 Å². The number of carboxylic acids is 1. The van der Waals surface area contributed by atoms with Crippen LogP contribution in [0.3, 0.4) is 0 Å². The molecule has 0 unspecified atom stereocenters. The van der Waals surface area contributed by atoms with Crippen LogP contribution in [0.5, 0.6) is 0 Å². The van der Waals surface area contributed by atoms with Gasteiger partial charge in [0.2, 0.25) is 5.89 Å². The smallest absolute Gasteiger partial charge is 0.475 e. The lowest BCUT2D eigenvalue weighted by Crippen LogP contribution is -2.48. The number of aryl methyl sites for hydroxylation is 1. The molecule has 0 spiro atoms. The monoisotopic (exact) mass is 419 g/mol. The van der Waals surface area contributed by atoms with Gasteiger partial charge in [0, 0.05) is 25.7 Å². The molecule has 0 bridgehead atoms. The van der Waals surface area contributed by atoms with E-state index in [0.29, 0.717) is 18.0 Å². The summed E-state index contributed by atoms with van der Waals surface area (Å²) in [5.74, 6) is -1.00. The topological polar surface area (TPSA) is 88.7 Å². The number of alkyl halides is 3. The molecule has 4 heterocycles. The van der Waals surface area contributed by atoms with Gasteiger partial charge < -0.3 is 14.4 Å². The SMILES string of the molecule is Cc1noc([C@@H]2C[C@H]3OCC[C@H]3N(Cc3ccsc3)C2)n1.O=C(O)C(F)(F)F. The number of ether oxygens (including phenoxy) is 1. The second-order valence-corrected chi connectivity index (χ2v) is 7.52. The van der Waals surface area contributed by atoms with Gasteiger partial charge in [0.05, 0.1) is 12.0 Å². The number of thiophene rings is 1. The maximum atomic E-state index is 10.6. The maximum absolute atomic E-state index is 10.6. The molecule has 1 N–H and O–H groups in total. The normalized spacial score (nSPS) is 25.1. The van der Waals surface area contributed by atoms with Crippen LogP contribution in [0.25, 0.3) is 0 Å². The number of aliphatic carboxylic acids is 1. The Labute approximate surface area is 163 Å². The van der Waals surface area contributed by atoms with Gasteiger partial charge >= 0.3 is 12.1 Å². The van der Waals surface area contributed by atoms with Crippen molar-refractivity contribution in [2.75, 3.05) is 13.2 Å². The van der Waals surface area contributed by atoms with E-state index in [-0.39, 0.29) is 5.92 Å². The first kappa shape index (κ1) is 20.7. The zero-order valence-corrected chi connectivity index (χ0v) is 15.9. The molecular formula is C17H20F3N3O4S. The van der Waals surface area contributed by atoms with Gasteiger partial charge in [0.1, 0.15) is 0 Å². The fourth-order valence-corrected chi connectivity index (χ4v) is 4.17. The average molecular weight is 419 g/mol. The van der Waals surface area contributed by atoms with E-state index in [0.717, 1.165) is 38.4 Å². The van der Waals surface area contributed by atoms with Crippen LogP contribution in [0.2, 0.25) is 0 Å². The van der Waals surface area contributed by atoms with Gasteiger partial charge in [-0.3, -0.25) is 4.90 Å². The Hall–Kier alpha value is -1.98. The first-order valence-electron chi connectivity index (χ1n) is 8.71. The summed E-state index contributed by atoms with van der Waals surface area (Å²) in [6.45, 7) is 4.69. The summed E-state index contributed by atoms with van der Waals surface area (Å²) in [6, 6.07) is 2.74. The van der Waals surface area contributed by atoms with Gasteiger partial charge in [0.15, 0.2) is 5.82 Å². The molecule has 2 aliphatic rings. The maximum Gasteiger partial charge on any atom is 0.490 e. The van der Waals surface area contributed by atoms with E-state index in [4.69, 9.17) is 19.2 Å². The molecule has 4 rings (SSSR count). The van der Waals surface area contributed by atoms with Gasteiger partial charge in [-0.25, -0.2) is 4.79 Å². The molecule has 0 aromatic carbocycles. The summed E-state index contributed by atoms with van der Waals surface area (Å²) in [7, 11) is 0. The fraction of sp³-hybridized carbons (Fsp3) is 0.588. The van der Waals surface area contributed by atoms with E-state index in [2.05, 4.69) is 31.9 Å². The number of halogens is 3. The lowest BCUT2D eigenvalue weighted by Gasteiger charge is -2.39. The van der Waals surface area contributed by atoms with Crippen LogP contribution >= 0.6 is 11.3 Å². The Morgan fingerprint density at radius 2 is 2.21 bits per heavy atom. The summed E-state index contributed by atoms with van der Waals surface area (Å²) in [5.41, 5.74) is 1.38. The molecule has 0 radical (unpaired) electrons. The highest BCUT2D eigenvalue weighted by molar-refractivity contribution is 7.07. The number of aromatic nitrogens is 2. The van der Waals surface area contributed by atoms with Gasteiger partial charge in [-0.05, 0) is 42.2 Å². The highest BCUT2D eigenvalue weighted by Gasteiger charge is 2.42. The van der Waals surface area contributed by atoms with Gasteiger partial charge in [-0.1, -0.05) is 5.16 Å². The van der Waals surface area contributed by atoms with Crippen LogP contribution in [0.4, 0.5) is 13.2 Å². The highest BCUT2D eigenvalue weighted by atomic mass is 32.1. The molecule has 2 aromatic rings. The molecule has 154 valence electrons. The largest absolute Gasteiger partial charge is 0.490 e. The van der Waals surface area contributed by atoms with Crippen molar-refractivity contribution in [3.05, 3.63) is 34.1 Å². The number of nitrogens with zero attached hydrogens (tertiary/aromatic N) is 3.